The van der Waals surface area contributed by atoms with Crippen molar-refractivity contribution in [1.82, 2.24) is 9.88 Å². The van der Waals surface area contributed by atoms with Gasteiger partial charge in [0.25, 0.3) is 0 Å². The van der Waals surface area contributed by atoms with Gasteiger partial charge < -0.3 is 15.7 Å². The van der Waals surface area contributed by atoms with E-state index in [9.17, 15) is 5.11 Å². The molecule has 0 aliphatic heterocycles. The van der Waals surface area contributed by atoms with Crippen LogP contribution in [0.25, 0.3) is 11.3 Å². The first-order valence-electron chi connectivity index (χ1n) is 9.73. The predicted molar refractivity (Wildman–Crippen MR) is 122 cm³/mol. The lowest BCUT2D eigenvalue weighted by Crippen LogP contribution is -2.23. The second-order valence-corrected chi connectivity index (χ2v) is 7.38. The normalized spacial score (nSPS) is 11.1. The molecule has 1 heterocycles. The van der Waals surface area contributed by atoms with Gasteiger partial charge in [0.1, 0.15) is 11.6 Å². The van der Waals surface area contributed by atoms with Crippen molar-refractivity contribution in [2.24, 2.45) is 0 Å². The second-order valence-electron chi connectivity index (χ2n) is 6.94. The summed E-state index contributed by atoms with van der Waals surface area (Å²) in [6.45, 7) is 6.93. The molecule has 0 unspecified atom stereocenters. The Bertz CT molecular complexity index is 971. The highest BCUT2D eigenvalue weighted by Crippen LogP contribution is 2.35. The van der Waals surface area contributed by atoms with E-state index in [2.05, 4.69) is 23.7 Å². The van der Waals surface area contributed by atoms with E-state index >= 15 is 0 Å². The van der Waals surface area contributed by atoms with Gasteiger partial charge in [-0.3, -0.25) is 4.90 Å². The Kier molecular flexibility index (Phi) is 6.62. The van der Waals surface area contributed by atoms with Crippen molar-refractivity contribution >= 4 is 28.8 Å². The third-order valence-electron chi connectivity index (χ3n) is 5.16. The number of nitrogen functional groups attached to an aromatic ring is 1. The van der Waals surface area contributed by atoms with Crippen molar-refractivity contribution in [2.75, 3.05) is 30.8 Å². The maximum absolute atomic E-state index is 10.4. The Balaban J connectivity index is 1.91. The maximum atomic E-state index is 10.4. The number of aromatic hydroxyl groups is 1. The SMILES string of the molecule is CCN(CC)Cc1ccc(-c2cc(N(C)c3ccc(Cl)cc3)ccc2O)nc1N. The van der Waals surface area contributed by atoms with Crippen molar-refractivity contribution in [1.29, 1.82) is 0 Å². The molecule has 2 aromatic carbocycles. The summed E-state index contributed by atoms with van der Waals surface area (Å²) in [5.41, 5.74) is 10.4. The Morgan fingerprint density at radius 3 is 2.24 bits per heavy atom. The molecule has 29 heavy (non-hydrogen) atoms. The fourth-order valence-electron chi connectivity index (χ4n) is 3.23. The number of aromatic nitrogens is 1. The number of benzene rings is 2. The maximum Gasteiger partial charge on any atom is 0.128 e. The number of phenolic OH excluding ortho intramolecular Hbond substituents is 1. The molecule has 0 saturated carbocycles. The first-order valence-corrected chi connectivity index (χ1v) is 10.1. The minimum atomic E-state index is 0.168. The van der Waals surface area contributed by atoms with Gasteiger partial charge in [-0.15, -0.1) is 0 Å². The molecule has 0 spiro atoms. The van der Waals surface area contributed by atoms with E-state index in [1.807, 2.05) is 60.5 Å². The largest absolute Gasteiger partial charge is 0.507 e. The van der Waals surface area contributed by atoms with Crippen molar-refractivity contribution in [3.05, 3.63) is 65.2 Å². The monoisotopic (exact) mass is 410 g/mol. The number of phenols is 1. The highest BCUT2D eigenvalue weighted by molar-refractivity contribution is 6.30. The summed E-state index contributed by atoms with van der Waals surface area (Å²) in [5, 5.41) is 11.1. The minimum absolute atomic E-state index is 0.168. The van der Waals surface area contributed by atoms with E-state index in [-0.39, 0.29) is 5.75 Å². The van der Waals surface area contributed by atoms with Crippen LogP contribution >= 0.6 is 11.6 Å². The molecule has 0 aliphatic carbocycles. The lowest BCUT2D eigenvalue weighted by molar-refractivity contribution is 0.296. The molecule has 0 bridgehead atoms. The van der Waals surface area contributed by atoms with Crippen LogP contribution in [0, 0.1) is 0 Å². The fourth-order valence-corrected chi connectivity index (χ4v) is 3.35. The third kappa shape index (κ3) is 4.81. The molecule has 0 amide bonds. The Labute approximate surface area is 177 Å². The lowest BCUT2D eigenvalue weighted by Gasteiger charge is -2.21. The molecule has 3 aromatic rings. The van der Waals surface area contributed by atoms with E-state index in [1.165, 1.54) is 0 Å². The summed E-state index contributed by atoms with van der Waals surface area (Å²) in [4.78, 5) is 8.87. The molecule has 0 fully saturated rings. The summed E-state index contributed by atoms with van der Waals surface area (Å²) >= 11 is 5.99. The average Bonchev–Trinajstić information content (AvgIpc) is 2.73. The van der Waals surface area contributed by atoms with Gasteiger partial charge in [0.05, 0.1) is 5.69 Å². The number of halogens is 1. The molecule has 3 rings (SSSR count). The summed E-state index contributed by atoms with van der Waals surface area (Å²) in [7, 11) is 1.97. The van der Waals surface area contributed by atoms with Crippen LogP contribution in [0.2, 0.25) is 5.02 Å². The molecular formula is C23H27ClN4O. The Morgan fingerprint density at radius 2 is 1.62 bits per heavy atom. The molecule has 3 N–H and O–H groups in total. The first kappa shape index (κ1) is 21.0. The molecule has 1 aromatic heterocycles. The van der Waals surface area contributed by atoms with E-state index in [1.54, 1.807) is 6.07 Å². The highest BCUT2D eigenvalue weighted by Gasteiger charge is 2.13. The van der Waals surface area contributed by atoms with Crippen LogP contribution in [-0.4, -0.2) is 35.1 Å². The van der Waals surface area contributed by atoms with E-state index in [0.29, 0.717) is 22.1 Å². The smallest absolute Gasteiger partial charge is 0.128 e. The van der Waals surface area contributed by atoms with Gasteiger partial charge in [0.2, 0.25) is 0 Å². The standard InChI is InChI=1S/C23H27ClN4O/c1-4-28(5-2)15-16-6-12-21(26-23(16)25)20-14-19(11-13-22(20)29)27(3)18-9-7-17(24)8-10-18/h6-14,29H,4-5,15H2,1-3H3,(H2,25,26). The highest BCUT2D eigenvalue weighted by atomic mass is 35.5. The number of anilines is 3. The molecule has 0 radical (unpaired) electrons. The molecular weight excluding hydrogens is 384 g/mol. The number of nitrogens with zero attached hydrogens (tertiary/aromatic N) is 3. The molecule has 0 atom stereocenters. The van der Waals surface area contributed by atoms with Gasteiger partial charge in [-0.25, -0.2) is 4.98 Å². The topological polar surface area (TPSA) is 65.6 Å². The number of pyridine rings is 1. The number of rotatable bonds is 7. The predicted octanol–water partition coefficient (Wildman–Crippen LogP) is 5.30. The van der Waals surface area contributed by atoms with Crippen molar-refractivity contribution < 1.29 is 5.11 Å². The first-order chi connectivity index (χ1) is 13.9. The van der Waals surface area contributed by atoms with Crippen molar-refractivity contribution in [3.8, 4) is 17.0 Å². The van der Waals surface area contributed by atoms with Crippen LogP contribution < -0.4 is 10.6 Å². The van der Waals surface area contributed by atoms with Gasteiger partial charge in [-0.05, 0) is 61.6 Å². The fraction of sp³-hybridized carbons (Fsp3) is 0.261. The van der Waals surface area contributed by atoms with Gasteiger partial charge in [0, 0.05) is 41.1 Å². The molecule has 0 aliphatic rings. The molecule has 5 nitrogen and oxygen atoms in total. The van der Waals surface area contributed by atoms with Gasteiger partial charge in [-0.1, -0.05) is 31.5 Å². The number of hydrogen-bond acceptors (Lipinski definition) is 5. The van der Waals surface area contributed by atoms with E-state index in [0.717, 1.165) is 36.6 Å². The van der Waals surface area contributed by atoms with Crippen molar-refractivity contribution in [3.63, 3.8) is 0 Å². The number of hydrogen-bond donors (Lipinski definition) is 2. The summed E-state index contributed by atoms with van der Waals surface area (Å²) < 4.78 is 0. The molecule has 152 valence electrons. The zero-order valence-electron chi connectivity index (χ0n) is 17.1. The quantitative estimate of drug-likeness (QED) is 0.553. The zero-order chi connectivity index (χ0) is 21.0. The number of nitrogens with two attached hydrogens (primary N) is 1. The molecule has 0 saturated heterocycles. The minimum Gasteiger partial charge on any atom is -0.507 e. The second kappa shape index (κ2) is 9.16. The summed E-state index contributed by atoms with van der Waals surface area (Å²) in [6, 6.07) is 17.0. The lowest BCUT2D eigenvalue weighted by atomic mass is 10.1. The van der Waals surface area contributed by atoms with Gasteiger partial charge >= 0.3 is 0 Å². The van der Waals surface area contributed by atoms with Crippen LogP contribution in [0.4, 0.5) is 17.2 Å². The van der Waals surface area contributed by atoms with E-state index in [4.69, 9.17) is 17.3 Å². The van der Waals surface area contributed by atoms with Crippen molar-refractivity contribution in [2.45, 2.75) is 20.4 Å². The van der Waals surface area contributed by atoms with Gasteiger partial charge in [-0.2, -0.15) is 0 Å². The molecule has 6 heteroatoms. The average molecular weight is 411 g/mol. The Morgan fingerprint density at radius 1 is 0.966 bits per heavy atom. The summed E-state index contributed by atoms with van der Waals surface area (Å²) in [5.74, 6) is 0.659. The van der Waals surface area contributed by atoms with Crippen LogP contribution in [0.5, 0.6) is 5.75 Å². The van der Waals surface area contributed by atoms with Crippen LogP contribution in [0.15, 0.2) is 54.6 Å². The zero-order valence-corrected chi connectivity index (χ0v) is 17.8. The van der Waals surface area contributed by atoms with Gasteiger partial charge in [0.15, 0.2) is 0 Å². The van der Waals surface area contributed by atoms with Crippen LogP contribution in [0.3, 0.4) is 0 Å². The van der Waals surface area contributed by atoms with E-state index < -0.39 is 0 Å². The Hall–Kier alpha value is -2.76. The van der Waals surface area contributed by atoms with Crippen LogP contribution in [0.1, 0.15) is 19.4 Å². The van der Waals surface area contributed by atoms with Crippen LogP contribution in [-0.2, 0) is 6.54 Å². The third-order valence-corrected chi connectivity index (χ3v) is 5.41. The summed E-state index contributed by atoms with van der Waals surface area (Å²) in [6.07, 6.45) is 0.